The average molecular weight is 706 g/mol. The minimum absolute atomic E-state index is 0. The van der Waals surface area contributed by atoms with Crippen LogP contribution in [0, 0.1) is 17.3 Å². The number of benzene rings is 1. The highest BCUT2D eigenvalue weighted by Gasteiger charge is 2.35. The van der Waals surface area contributed by atoms with Crippen LogP contribution in [0.2, 0.25) is 0 Å². The number of carboxylic acid groups (broad SMARTS) is 1. The summed E-state index contributed by atoms with van der Waals surface area (Å²) in [6, 6.07) is 7.52. The molecule has 4 N–H and O–H groups in total. The van der Waals surface area contributed by atoms with Gasteiger partial charge in [-0.2, -0.15) is 0 Å². The van der Waals surface area contributed by atoms with E-state index in [0.717, 1.165) is 36.3 Å². The molecule has 2 heterocycles. The average Bonchev–Trinajstić information content (AvgIpc) is 3.69. The summed E-state index contributed by atoms with van der Waals surface area (Å²) in [6.45, 7) is 11.8. The van der Waals surface area contributed by atoms with Crippen molar-refractivity contribution in [2.75, 3.05) is 13.6 Å². The molecule has 0 spiro atoms. The number of carbonyl (C=O) groups excluding carboxylic acids is 4. The van der Waals surface area contributed by atoms with Gasteiger partial charge in [0.1, 0.15) is 11.7 Å². The fourth-order valence-corrected chi connectivity index (χ4v) is 6.50. The number of aliphatic carboxylic acids is 1. The van der Waals surface area contributed by atoms with Crippen molar-refractivity contribution in [3.63, 3.8) is 0 Å². The van der Waals surface area contributed by atoms with E-state index in [9.17, 15) is 29.1 Å². The molecule has 13 heteroatoms. The van der Waals surface area contributed by atoms with E-state index in [0.29, 0.717) is 12.8 Å². The second kappa shape index (κ2) is 18.4. The number of carbonyl (C=O) groups is 5. The second-order valence-electron chi connectivity index (χ2n) is 13.8. The molecule has 1 aliphatic heterocycles. The summed E-state index contributed by atoms with van der Waals surface area (Å²) >= 11 is 1.06. The molecule has 5 atom stereocenters. The third-order valence-electron chi connectivity index (χ3n) is 9.13. The van der Waals surface area contributed by atoms with Crippen molar-refractivity contribution >= 4 is 53.2 Å². The number of amides is 3. The van der Waals surface area contributed by atoms with E-state index >= 15 is 0 Å². The molecule has 1 fully saturated rings. The number of halogens is 1. The van der Waals surface area contributed by atoms with E-state index < -0.39 is 35.4 Å². The van der Waals surface area contributed by atoms with Crippen molar-refractivity contribution in [1.82, 2.24) is 25.8 Å². The van der Waals surface area contributed by atoms with Gasteiger partial charge in [0.2, 0.25) is 11.8 Å². The van der Waals surface area contributed by atoms with Gasteiger partial charge in [0.25, 0.3) is 5.91 Å². The first-order valence-electron chi connectivity index (χ1n) is 16.5. The van der Waals surface area contributed by atoms with Gasteiger partial charge in [-0.25, -0.2) is 4.98 Å². The highest BCUT2D eigenvalue weighted by Crippen LogP contribution is 2.25. The number of nitrogens with one attached hydrogen (secondary N) is 3. The van der Waals surface area contributed by atoms with Gasteiger partial charge < -0.3 is 21.1 Å². The van der Waals surface area contributed by atoms with Crippen molar-refractivity contribution in [3.8, 4) is 0 Å². The molecule has 11 nitrogen and oxygen atoms in total. The number of Topliss-reactive ketones (excluding diaryl/α,β-unsaturated/α-hetero) is 1. The molecule has 48 heavy (non-hydrogen) atoms. The van der Waals surface area contributed by atoms with Crippen LogP contribution >= 0.6 is 23.7 Å². The second-order valence-corrected chi connectivity index (χ2v) is 14.6. The summed E-state index contributed by atoms with van der Waals surface area (Å²) in [6.07, 6.45) is 2.99. The van der Waals surface area contributed by atoms with Crippen LogP contribution in [0.1, 0.15) is 99.5 Å². The zero-order valence-corrected chi connectivity index (χ0v) is 30.7. The lowest BCUT2D eigenvalue weighted by molar-refractivity contribution is -0.147. The molecule has 0 saturated carbocycles. The summed E-state index contributed by atoms with van der Waals surface area (Å²) < 4.78 is 0. The molecule has 0 radical (unpaired) electrons. The van der Waals surface area contributed by atoms with Crippen LogP contribution in [0.3, 0.4) is 0 Å². The highest BCUT2D eigenvalue weighted by atomic mass is 35.5. The largest absolute Gasteiger partial charge is 0.481 e. The lowest BCUT2D eigenvalue weighted by atomic mass is 9.84. The standard InChI is InChI=1S/C35H51N5O6S.ClH/c1-8-22(4)29(39-31(43)27-15-12-16-40(27)7)32(44)37-25(21(2)3)18-28(41)33-38-26(20-47-33)30(42)36-24(19-35(5,6)34(45)46)17-23-13-10-9-11-14-23;/h9-11,13-14,20-22,24-25,27,29H,8,12,15-19H2,1-7H3,(H,36,42)(H,37,44)(H,39,43)(H,45,46);1H/t22-,24-,25+,27+,29-;/m0./s1. The van der Waals surface area contributed by atoms with E-state index in [-0.39, 0.29) is 71.4 Å². The van der Waals surface area contributed by atoms with Gasteiger partial charge in [-0.15, -0.1) is 23.7 Å². The zero-order valence-electron chi connectivity index (χ0n) is 29.1. The minimum Gasteiger partial charge on any atom is -0.481 e. The maximum Gasteiger partial charge on any atom is 0.309 e. The van der Waals surface area contributed by atoms with Gasteiger partial charge in [-0.1, -0.05) is 64.4 Å². The number of aromatic nitrogens is 1. The number of carboxylic acids is 1. The molecule has 3 amide bonds. The lowest BCUT2D eigenvalue weighted by Gasteiger charge is -2.29. The van der Waals surface area contributed by atoms with Crippen molar-refractivity contribution < 1.29 is 29.1 Å². The number of likely N-dealkylation sites (N-methyl/N-ethyl adjacent to an activating group) is 1. The summed E-state index contributed by atoms with van der Waals surface area (Å²) in [5.41, 5.74) is -0.0440. The Hall–Kier alpha value is -3.35. The molecule has 266 valence electrons. The normalized spacial score (nSPS) is 17.5. The van der Waals surface area contributed by atoms with Crippen LogP contribution in [-0.4, -0.2) is 82.2 Å². The monoisotopic (exact) mass is 705 g/mol. The van der Waals surface area contributed by atoms with Crippen LogP contribution < -0.4 is 16.0 Å². The predicted octanol–water partition coefficient (Wildman–Crippen LogP) is 4.75. The summed E-state index contributed by atoms with van der Waals surface area (Å²) in [4.78, 5) is 71.4. The number of nitrogens with zero attached hydrogens (tertiary/aromatic N) is 2. The number of likely N-dealkylation sites (tertiary alicyclic amines) is 1. The summed E-state index contributed by atoms with van der Waals surface area (Å²) in [5.74, 6) is -2.44. The minimum atomic E-state index is -1.07. The smallest absolute Gasteiger partial charge is 0.309 e. The van der Waals surface area contributed by atoms with Crippen molar-refractivity contribution in [2.24, 2.45) is 17.3 Å². The first-order chi connectivity index (χ1) is 22.1. The molecule has 1 aliphatic rings. The van der Waals surface area contributed by atoms with Gasteiger partial charge in [0.05, 0.1) is 11.5 Å². The number of hydrogen-bond donors (Lipinski definition) is 4. The SMILES string of the molecule is CC[C@H](C)[C@H](NC(=O)[C@H]1CCCN1C)C(=O)N[C@H](CC(=O)c1nc(C(=O)N[C@@H](Cc2ccccc2)CC(C)(C)C(=O)O)cs1)C(C)C.Cl. The first-order valence-corrected chi connectivity index (χ1v) is 17.4. The van der Waals surface area contributed by atoms with Gasteiger partial charge in [-0.3, -0.25) is 28.9 Å². The molecular formula is C35H52ClN5O6S. The molecule has 0 aliphatic carbocycles. The first kappa shape index (κ1) is 40.8. The molecule has 0 unspecified atom stereocenters. The Kier molecular flexibility index (Phi) is 15.7. The number of thiazole rings is 1. The van der Waals surface area contributed by atoms with Gasteiger partial charge in [0.15, 0.2) is 10.8 Å². The van der Waals surface area contributed by atoms with E-state index in [1.54, 1.807) is 13.8 Å². The van der Waals surface area contributed by atoms with E-state index in [4.69, 9.17) is 0 Å². The fourth-order valence-electron chi connectivity index (χ4n) is 5.75. The van der Waals surface area contributed by atoms with Gasteiger partial charge >= 0.3 is 5.97 Å². The molecule has 1 aromatic carbocycles. The molecule has 1 aromatic heterocycles. The van der Waals surface area contributed by atoms with E-state index in [2.05, 4.69) is 20.9 Å². The lowest BCUT2D eigenvalue weighted by Crippen LogP contribution is -2.56. The molecular weight excluding hydrogens is 654 g/mol. The van der Waals surface area contributed by atoms with Crippen LogP contribution in [0.5, 0.6) is 0 Å². The number of ketones is 1. The van der Waals surface area contributed by atoms with E-state index in [1.165, 1.54) is 5.38 Å². The molecule has 2 aromatic rings. The van der Waals surface area contributed by atoms with Gasteiger partial charge in [0, 0.05) is 23.9 Å². The number of hydrogen-bond acceptors (Lipinski definition) is 8. The molecule has 3 rings (SSSR count). The molecule has 0 bridgehead atoms. The van der Waals surface area contributed by atoms with Crippen molar-refractivity contribution in [3.05, 3.63) is 52.0 Å². The highest BCUT2D eigenvalue weighted by molar-refractivity contribution is 7.11. The maximum atomic E-state index is 13.5. The van der Waals surface area contributed by atoms with Crippen molar-refractivity contribution in [2.45, 2.75) is 104 Å². The van der Waals surface area contributed by atoms with Gasteiger partial charge in [-0.05, 0) is 70.5 Å². The Morgan fingerprint density at radius 1 is 1.06 bits per heavy atom. The summed E-state index contributed by atoms with van der Waals surface area (Å²) in [5, 5.41) is 20.3. The Morgan fingerprint density at radius 2 is 1.73 bits per heavy atom. The number of rotatable bonds is 17. The van der Waals surface area contributed by atoms with Crippen LogP contribution in [0.4, 0.5) is 0 Å². The van der Waals surface area contributed by atoms with E-state index in [1.807, 2.05) is 70.0 Å². The Balaban J connectivity index is 0.00000800. The maximum absolute atomic E-state index is 13.5. The quantitative estimate of drug-likeness (QED) is 0.172. The fraction of sp³-hybridized carbons (Fsp3) is 0.600. The van der Waals surface area contributed by atoms with Crippen LogP contribution in [-0.2, 0) is 20.8 Å². The third-order valence-corrected chi connectivity index (χ3v) is 10.0. The Morgan fingerprint density at radius 3 is 2.29 bits per heavy atom. The predicted molar refractivity (Wildman–Crippen MR) is 190 cm³/mol. The zero-order chi connectivity index (χ0) is 34.9. The molecule has 1 saturated heterocycles. The summed E-state index contributed by atoms with van der Waals surface area (Å²) in [7, 11) is 1.91. The van der Waals surface area contributed by atoms with Crippen LogP contribution in [0.15, 0.2) is 35.7 Å². The van der Waals surface area contributed by atoms with Crippen LogP contribution in [0.25, 0.3) is 0 Å². The Bertz CT molecular complexity index is 1400. The Labute approximate surface area is 294 Å². The van der Waals surface area contributed by atoms with Crippen molar-refractivity contribution in [1.29, 1.82) is 0 Å². The third kappa shape index (κ3) is 11.4. The topological polar surface area (TPSA) is 158 Å².